The molecular weight excluding hydrogens is 372 g/mol. The van der Waals surface area contributed by atoms with Crippen molar-refractivity contribution in [3.8, 4) is 22.9 Å². The first-order valence-corrected chi connectivity index (χ1v) is 9.93. The minimum atomic E-state index is 0.617. The minimum absolute atomic E-state index is 0.617. The van der Waals surface area contributed by atoms with E-state index in [0.29, 0.717) is 11.8 Å². The molecule has 0 spiro atoms. The van der Waals surface area contributed by atoms with Crippen molar-refractivity contribution in [3.63, 3.8) is 0 Å². The lowest BCUT2D eigenvalue weighted by molar-refractivity contribution is 0.619. The molecule has 0 saturated heterocycles. The summed E-state index contributed by atoms with van der Waals surface area (Å²) in [6.45, 7) is 4.11. The maximum Gasteiger partial charge on any atom is 0.227 e. The lowest BCUT2D eigenvalue weighted by atomic mass is 10.00. The van der Waals surface area contributed by atoms with Gasteiger partial charge < -0.3 is 8.83 Å². The van der Waals surface area contributed by atoms with Gasteiger partial charge in [-0.3, -0.25) is 0 Å². The fourth-order valence-electron chi connectivity index (χ4n) is 3.99. The average molecular weight is 390 g/mol. The molecule has 0 aliphatic rings. The van der Waals surface area contributed by atoms with E-state index in [2.05, 4.69) is 26.0 Å². The van der Waals surface area contributed by atoms with E-state index in [1.54, 1.807) is 0 Å². The third-order valence-corrected chi connectivity index (χ3v) is 5.47. The van der Waals surface area contributed by atoms with Gasteiger partial charge in [0.15, 0.2) is 11.2 Å². The lowest BCUT2D eigenvalue weighted by Crippen LogP contribution is -1.85. The van der Waals surface area contributed by atoms with E-state index in [-0.39, 0.29) is 0 Å². The first kappa shape index (κ1) is 17.0. The SMILES string of the molecule is Cc1ccc2oc(-c3cccc4c(-c5nc6cc(C)ccc6o5)cccc34)nc2c1. The van der Waals surface area contributed by atoms with Crippen LogP contribution in [-0.4, -0.2) is 9.97 Å². The third-order valence-electron chi connectivity index (χ3n) is 5.47. The number of rotatable bonds is 2. The maximum absolute atomic E-state index is 6.07. The quantitative estimate of drug-likeness (QED) is 0.317. The van der Waals surface area contributed by atoms with Gasteiger partial charge in [-0.15, -0.1) is 0 Å². The first-order valence-electron chi connectivity index (χ1n) is 9.93. The summed E-state index contributed by atoms with van der Waals surface area (Å²) in [4.78, 5) is 9.47. The smallest absolute Gasteiger partial charge is 0.227 e. The zero-order valence-corrected chi connectivity index (χ0v) is 16.6. The van der Waals surface area contributed by atoms with Gasteiger partial charge >= 0.3 is 0 Å². The molecule has 2 heterocycles. The molecule has 0 bridgehead atoms. The van der Waals surface area contributed by atoms with Gasteiger partial charge in [-0.2, -0.15) is 0 Å². The van der Waals surface area contributed by atoms with Crippen molar-refractivity contribution in [2.45, 2.75) is 13.8 Å². The fourth-order valence-corrected chi connectivity index (χ4v) is 3.99. The van der Waals surface area contributed by atoms with E-state index in [1.165, 1.54) is 0 Å². The molecule has 2 aromatic heterocycles. The molecule has 0 fully saturated rings. The zero-order valence-electron chi connectivity index (χ0n) is 16.6. The molecule has 4 heteroatoms. The lowest BCUT2D eigenvalue weighted by Gasteiger charge is -2.06. The highest BCUT2D eigenvalue weighted by Gasteiger charge is 2.16. The number of oxazole rings is 2. The van der Waals surface area contributed by atoms with Crippen LogP contribution in [-0.2, 0) is 0 Å². The Morgan fingerprint density at radius 2 is 1.03 bits per heavy atom. The van der Waals surface area contributed by atoms with E-state index in [0.717, 1.165) is 55.2 Å². The van der Waals surface area contributed by atoms with Gasteiger partial charge in [0.05, 0.1) is 0 Å². The summed E-state index contributed by atoms with van der Waals surface area (Å²) in [7, 11) is 0. The Kier molecular flexibility index (Phi) is 3.56. The Hall–Kier alpha value is -3.92. The van der Waals surface area contributed by atoms with E-state index in [9.17, 15) is 0 Å². The zero-order chi connectivity index (χ0) is 20.2. The van der Waals surface area contributed by atoms with Crippen molar-refractivity contribution in [2.75, 3.05) is 0 Å². The van der Waals surface area contributed by atoms with Gasteiger partial charge in [0.2, 0.25) is 11.8 Å². The van der Waals surface area contributed by atoms with Crippen LogP contribution in [0.4, 0.5) is 0 Å². The molecule has 4 aromatic carbocycles. The summed E-state index contributed by atoms with van der Waals surface area (Å²) in [5.74, 6) is 1.23. The van der Waals surface area contributed by atoms with Crippen molar-refractivity contribution >= 4 is 33.0 Å². The summed E-state index contributed by atoms with van der Waals surface area (Å²) in [5, 5.41) is 2.11. The predicted octanol–water partition coefficient (Wildman–Crippen LogP) is 7.07. The minimum Gasteiger partial charge on any atom is -0.436 e. The van der Waals surface area contributed by atoms with Crippen molar-refractivity contribution in [2.24, 2.45) is 0 Å². The molecule has 0 unspecified atom stereocenters. The van der Waals surface area contributed by atoms with Crippen LogP contribution < -0.4 is 0 Å². The van der Waals surface area contributed by atoms with Crippen LogP contribution in [0.25, 0.3) is 55.9 Å². The van der Waals surface area contributed by atoms with Crippen LogP contribution in [0.1, 0.15) is 11.1 Å². The number of benzene rings is 4. The molecule has 0 atom stereocenters. The Balaban J connectivity index is 1.57. The third kappa shape index (κ3) is 2.61. The molecule has 0 aliphatic heterocycles. The number of fused-ring (bicyclic) bond motifs is 3. The van der Waals surface area contributed by atoms with Crippen molar-refractivity contribution in [1.29, 1.82) is 0 Å². The standard InChI is InChI=1S/C26H18N2O2/c1-15-9-11-23-21(13-15)27-25(29-23)19-7-3-6-18-17(19)5-4-8-20(18)26-28-22-14-16(2)10-12-24(22)30-26/h3-14H,1-2H3. The van der Waals surface area contributed by atoms with Crippen LogP contribution in [0.5, 0.6) is 0 Å². The monoisotopic (exact) mass is 390 g/mol. The van der Waals surface area contributed by atoms with Crippen LogP contribution >= 0.6 is 0 Å². The second-order valence-corrected chi connectivity index (χ2v) is 7.69. The summed E-state index contributed by atoms with van der Waals surface area (Å²) in [6, 6.07) is 24.4. The highest BCUT2D eigenvalue weighted by atomic mass is 16.4. The summed E-state index contributed by atoms with van der Waals surface area (Å²) in [5.41, 5.74) is 7.55. The van der Waals surface area contributed by atoms with E-state index in [4.69, 9.17) is 18.8 Å². The molecule has 144 valence electrons. The van der Waals surface area contributed by atoms with Crippen molar-refractivity contribution in [1.82, 2.24) is 9.97 Å². The van der Waals surface area contributed by atoms with Gasteiger partial charge in [0.25, 0.3) is 0 Å². The van der Waals surface area contributed by atoms with Gasteiger partial charge in [-0.1, -0.05) is 36.4 Å². The summed E-state index contributed by atoms with van der Waals surface area (Å²) >= 11 is 0. The normalized spacial score (nSPS) is 11.7. The fraction of sp³-hybridized carbons (Fsp3) is 0.0769. The molecule has 0 amide bonds. The summed E-state index contributed by atoms with van der Waals surface area (Å²) < 4.78 is 12.1. The molecule has 0 radical (unpaired) electrons. The highest BCUT2D eigenvalue weighted by Crippen LogP contribution is 2.36. The molecule has 30 heavy (non-hydrogen) atoms. The number of aromatic nitrogens is 2. The molecule has 0 aliphatic carbocycles. The maximum atomic E-state index is 6.07. The molecule has 6 aromatic rings. The van der Waals surface area contributed by atoms with E-state index < -0.39 is 0 Å². The number of hydrogen-bond donors (Lipinski definition) is 0. The van der Waals surface area contributed by atoms with Gasteiger partial charge in [-0.25, -0.2) is 9.97 Å². The topological polar surface area (TPSA) is 52.1 Å². The molecule has 0 N–H and O–H groups in total. The van der Waals surface area contributed by atoms with E-state index in [1.807, 2.05) is 60.7 Å². The Labute approximate surface area is 172 Å². The summed E-state index contributed by atoms with van der Waals surface area (Å²) in [6.07, 6.45) is 0. The Morgan fingerprint density at radius 3 is 1.50 bits per heavy atom. The Morgan fingerprint density at radius 1 is 0.567 bits per heavy atom. The van der Waals surface area contributed by atoms with Crippen LogP contribution in [0.2, 0.25) is 0 Å². The number of hydrogen-bond acceptors (Lipinski definition) is 4. The van der Waals surface area contributed by atoms with E-state index >= 15 is 0 Å². The second kappa shape index (κ2) is 6.29. The second-order valence-electron chi connectivity index (χ2n) is 7.69. The van der Waals surface area contributed by atoms with Crippen molar-refractivity contribution in [3.05, 3.63) is 83.9 Å². The van der Waals surface area contributed by atoms with Crippen LogP contribution in [0.3, 0.4) is 0 Å². The van der Waals surface area contributed by atoms with Crippen molar-refractivity contribution < 1.29 is 8.83 Å². The molecule has 0 saturated carbocycles. The van der Waals surface area contributed by atoms with Crippen LogP contribution in [0.15, 0.2) is 81.6 Å². The molecular formula is C26H18N2O2. The van der Waals surface area contributed by atoms with Gasteiger partial charge in [-0.05, 0) is 72.1 Å². The largest absolute Gasteiger partial charge is 0.436 e. The molecule has 6 rings (SSSR count). The van der Waals surface area contributed by atoms with Gasteiger partial charge in [0.1, 0.15) is 11.0 Å². The highest BCUT2D eigenvalue weighted by molar-refractivity contribution is 6.03. The molecule has 4 nitrogen and oxygen atoms in total. The number of nitrogens with zero attached hydrogens (tertiary/aromatic N) is 2. The first-order chi connectivity index (χ1) is 14.7. The average Bonchev–Trinajstić information content (AvgIpc) is 3.36. The Bertz CT molecular complexity index is 1450. The van der Waals surface area contributed by atoms with Crippen LogP contribution in [0, 0.1) is 13.8 Å². The van der Waals surface area contributed by atoms with Gasteiger partial charge in [0, 0.05) is 11.1 Å². The number of aryl methyl sites for hydroxylation is 2. The predicted molar refractivity (Wildman–Crippen MR) is 119 cm³/mol.